The zero-order valence-electron chi connectivity index (χ0n) is 19.2. The lowest BCUT2D eigenvalue weighted by molar-refractivity contribution is 0.296. The number of aliphatic imine (C=N–C) groups is 1. The Morgan fingerprint density at radius 3 is 2.26 bits per heavy atom. The predicted molar refractivity (Wildman–Crippen MR) is 142 cm³/mol. The fourth-order valence-corrected chi connectivity index (χ4v) is 4.41. The van der Waals surface area contributed by atoms with E-state index in [-0.39, 0.29) is 24.0 Å². The van der Waals surface area contributed by atoms with E-state index in [0.29, 0.717) is 0 Å². The molecule has 0 radical (unpaired) electrons. The van der Waals surface area contributed by atoms with Crippen LogP contribution in [0.2, 0.25) is 0 Å². The average molecular weight is 558 g/mol. The van der Waals surface area contributed by atoms with Crippen LogP contribution in [0.3, 0.4) is 0 Å². The van der Waals surface area contributed by atoms with Gasteiger partial charge < -0.3 is 15.1 Å². The van der Waals surface area contributed by atoms with E-state index in [1.165, 1.54) is 22.7 Å². The normalized spacial score (nSPS) is 14.7. The molecule has 9 heteroatoms. The number of nitrogens with zero attached hydrogens (tertiary/aromatic N) is 6. The molecular weight excluding hydrogens is 521 g/mol. The molecule has 0 saturated carbocycles. The van der Waals surface area contributed by atoms with Gasteiger partial charge in [-0.25, -0.2) is 4.98 Å². The third-order valence-electron chi connectivity index (χ3n) is 5.61. The van der Waals surface area contributed by atoms with Crippen molar-refractivity contribution in [1.29, 1.82) is 0 Å². The topological polar surface area (TPSA) is 59.9 Å². The zero-order valence-corrected chi connectivity index (χ0v) is 22.3. The number of guanidine groups is 1. The molecule has 7 nitrogen and oxygen atoms in total. The van der Waals surface area contributed by atoms with Gasteiger partial charge in [-0.2, -0.15) is 4.37 Å². The fraction of sp³-hybridized carbons (Fsp3) is 0.591. The SMILES string of the molecule is CCc1nsc(N2CCN(C(=NC)NCc3ccc(CN(CC)CC)cc3)CC2)n1.I. The van der Waals surface area contributed by atoms with E-state index in [9.17, 15) is 0 Å². The summed E-state index contributed by atoms with van der Waals surface area (Å²) >= 11 is 1.51. The van der Waals surface area contributed by atoms with Gasteiger partial charge in [-0.05, 0) is 24.2 Å². The van der Waals surface area contributed by atoms with Crippen molar-refractivity contribution >= 4 is 46.6 Å². The first-order valence-electron chi connectivity index (χ1n) is 11.0. The largest absolute Gasteiger partial charge is 0.352 e. The summed E-state index contributed by atoms with van der Waals surface area (Å²) in [7, 11) is 1.86. The van der Waals surface area contributed by atoms with Gasteiger partial charge in [-0.3, -0.25) is 9.89 Å². The van der Waals surface area contributed by atoms with E-state index in [1.807, 2.05) is 7.05 Å². The molecule has 1 aromatic carbocycles. The first kappa shape index (κ1) is 25.8. The van der Waals surface area contributed by atoms with E-state index in [2.05, 4.69) is 79.4 Å². The fourth-order valence-electron chi connectivity index (χ4n) is 3.61. The Balaban J connectivity index is 0.00000341. The van der Waals surface area contributed by atoms with Gasteiger partial charge in [0, 0.05) is 64.3 Å². The van der Waals surface area contributed by atoms with Gasteiger partial charge in [0.25, 0.3) is 0 Å². The Morgan fingerprint density at radius 1 is 1.06 bits per heavy atom. The molecule has 1 saturated heterocycles. The molecule has 0 unspecified atom stereocenters. The number of benzene rings is 1. The summed E-state index contributed by atoms with van der Waals surface area (Å²) in [5.41, 5.74) is 2.64. The van der Waals surface area contributed by atoms with Crippen LogP contribution in [0.1, 0.15) is 37.7 Å². The highest BCUT2D eigenvalue weighted by atomic mass is 127. The summed E-state index contributed by atoms with van der Waals surface area (Å²) in [5, 5.41) is 4.57. The molecule has 0 spiro atoms. The van der Waals surface area contributed by atoms with Crippen LogP contribution in [0.4, 0.5) is 5.13 Å². The van der Waals surface area contributed by atoms with Crippen LogP contribution >= 0.6 is 35.5 Å². The molecular formula is C22H36IN7S. The molecule has 0 atom stereocenters. The van der Waals surface area contributed by atoms with Crippen molar-refractivity contribution in [2.75, 3.05) is 51.2 Å². The van der Waals surface area contributed by atoms with Crippen LogP contribution in [0.5, 0.6) is 0 Å². The third-order valence-corrected chi connectivity index (χ3v) is 6.42. The molecule has 1 aromatic heterocycles. The molecule has 2 aromatic rings. The van der Waals surface area contributed by atoms with Crippen LogP contribution in [0.15, 0.2) is 29.3 Å². The monoisotopic (exact) mass is 557 g/mol. The van der Waals surface area contributed by atoms with E-state index in [1.54, 1.807) is 0 Å². The Kier molecular flexibility index (Phi) is 11.0. The van der Waals surface area contributed by atoms with Crippen molar-refractivity contribution in [3.05, 3.63) is 41.2 Å². The maximum Gasteiger partial charge on any atom is 0.205 e. The molecule has 1 aliphatic rings. The van der Waals surface area contributed by atoms with Crippen molar-refractivity contribution < 1.29 is 0 Å². The Hall–Kier alpha value is -1.46. The van der Waals surface area contributed by atoms with Crippen LogP contribution < -0.4 is 10.2 Å². The van der Waals surface area contributed by atoms with Gasteiger partial charge in [0.05, 0.1) is 0 Å². The zero-order chi connectivity index (χ0) is 21.3. The van der Waals surface area contributed by atoms with Crippen molar-refractivity contribution in [2.45, 2.75) is 40.3 Å². The summed E-state index contributed by atoms with van der Waals surface area (Å²) in [5.74, 6) is 1.91. The lowest BCUT2D eigenvalue weighted by atomic mass is 10.1. The molecule has 0 bridgehead atoms. The number of hydrogen-bond donors (Lipinski definition) is 1. The number of aryl methyl sites for hydroxylation is 1. The van der Waals surface area contributed by atoms with E-state index < -0.39 is 0 Å². The first-order valence-corrected chi connectivity index (χ1v) is 11.8. The van der Waals surface area contributed by atoms with Gasteiger partial charge in [0.2, 0.25) is 5.13 Å². The van der Waals surface area contributed by atoms with Crippen molar-refractivity contribution in [3.8, 4) is 0 Å². The molecule has 0 aliphatic carbocycles. The number of halogens is 1. The van der Waals surface area contributed by atoms with Gasteiger partial charge in [0.15, 0.2) is 5.96 Å². The maximum absolute atomic E-state index is 4.62. The number of hydrogen-bond acceptors (Lipinski definition) is 6. The van der Waals surface area contributed by atoms with Crippen molar-refractivity contribution in [1.82, 2.24) is 24.5 Å². The summed E-state index contributed by atoms with van der Waals surface area (Å²) in [6.07, 6.45) is 0.892. The standard InChI is InChI=1S/C22H35N7S.HI/c1-5-20-25-22(30-26-20)29-14-12-28(13-15-29)21(23-4)24-16-18-8-10-19(11-9-18)17-27(6-2)7-3;/h8-11H,5-7,12-17H2,1-4H3,(H,23,24);1H. The molecule has 3 rings (SSSR count). The Bertz CT molecular complexity index is 796. The van der Waals surface area contributed by atoms with Gasteiger partial charge in [0.1, 0.15) is 5.82 Å². The third kappa shape index (κ3) is 7.28. The summed E-state index contributed by atoms with van der Waals surface area (Å²) in [4.78, 5) is 16.2. The van der Waals surface area contributed by atoms with Crippen molar-refractivity contribution in [2.24, 2.45) is 4.99 Å². The molecule has 172 valence electrons. The lowest BCUT2D eigenvalue weighted by Crippen LogP contribution is -2.52. The second-order valence-electron chi connectivity index (χ2n) is 7.50. The van der Waals surface area contributed by atoms with Gasteiger partial charge >= 0.3 is 0 Å². The molecule has 1 N–H and O–H groups in total. The smallest absolute Gasteiger partial charge is 0.205 e. The Labute approximate surface area is 208 Å². The quantitative estimate of drug-likeness (QED) is 0.305. The number of anilines is 1. The molecule has 2 heterocycles. The van der Waals surface area contributed by atoms with Gasteiger partial charge in [-0.15, -0.1) is 24.0 Å². The van der Waals surface area contributed by atoms with Crippen molar-refractivity contribution in [3.63, 3.8) is 0 Å². The highest BCUT2D eigenvalue weighted by molar-refractivity contribution is 14.0. The number of piperazine rings is 1. The number of rotatable bonds is 8. The van der Waals surface area contributed by atoms with E-state index in [4.69, 9.17) is 0 Å². The van der Waals surface area contributed by atoms with Gasteiger partial charge in [-0.1, -0.05) is 45.0 Å². The Morgan fingerprint density at radius 2 is 1.71 bits per heavy atom. The molecule has 1 aliphatic heterocycles. The van der Waals surface area contributed by atoms with E-state index >= 15 is 0 Å². The summed E-state index contributed by atoms with van der Waals surface area (Å²) in [6.45, 7) is 14.2. The minimum atomic E-state index is 0. The number of aromatic nitrogens is 2. The van der Waals surface area contributed by atoms with E-state index in [0.717, 1.165) is 75.7 Å². The second-order valence-corrected chi connectivity index (χ2v) is 8.23. The number of nitrogens with one attached hydrogen (secondary N) is 1. The average Bonchev–Trinajstić information content (AvgIpc) is 3.28. The van der Waals surface area contributed by atoms with Crippen LogP contribution in [-0.2, 0) is 19.5 Å². The summed E-state index contributed by atoms with van der Waals surface area (Å²) < 4.78 is 4.41. The molecule has 0 amide bonds. The molecule has 1 fully saturated rings. The highest BCUT2D eigenvalue weighted by Gasteiger charge is 2.22. The lowest BCUT2D eigenvalue weighted by Gasteiger charge is -2.36. The predicted octanol–water partition coefficient (Wildman–Crippen LogP) is 3.46. The first-order chi connectivity index (χ1) is 14.7. The van der Waals surface area contributed by atoms with Crippen LogP contribution in [0, 0.1) is 0 Å². The highest BCUT2D eigenvalue weighted by Crippen LogP contribution is 2.19. The van der Waals surface area contributed by atoms with Crippen LogP contribution in [-0.4, -0.2) is 71.4 Å². The molecule has 31 heavy (non-hydrogen) atoms. The van der Waals surface area contributed by atoms with Crippen LogP contribution in [0.25, 0.3) is 0 Å². The summed E-state index contributed by atoms with van der Waals surface area (Å²) in [6, 6.07) is 8.92. The minimum absolute atomic E-state index is 0. The minimum Gasteiger partial charge on any atom is -0.352 e. The maximum atomic E-state index is 4.62. The second kappa shape index (κ2) is 13.2.